The first-order valence-corrected chi connectivity index (χ1v) is 5.17. The van der Waals surface area contributed by atoms with Crippen LogP contribution in [0, 0.1) is 0 Å². The molecule has 0 heterocycles. The largest absolute Gasteiger partial charge is 0.397 e. The summed E-state index contributed by atoms with van der Waals surface area (Å²) in [6.07, 6.45) is 0.750. The monoisotopic (exact) mass is 227 g/mol. The fraction of sp³-hybridized carbons (Fsp3) is 0. The van der Waals surface area contributed by atoms with Crippen molar-refractivity contribution in [2.24, 2.45) is 0 Å². The fourth-order valence-corrected chi connectivity index (χ4v) is 1.57. The van der Waals surface area contributed by atoms with Gasteiger partial charge in [0.15, 0.2) is 0 Å². The van der Waals surface area contributed by atoms with Gasteiger partial charge in [0.25, 0.3) is 0 Å². The summed E-state index contributed by atoms with van der Waals surface area (Å²) in [5.74, 6) is 0. The van der Waals surface area contributed by atoms with Crippen LogP contribution in [0.4, 0.5) is 22.7 Å². The first-order chi connectivity index (χ1) is 8.22. The molecule has 0 aliphatic rings. The lowest BCUT2D eigenvalue weighted by Gasteiger charge is -2.18. The minimum atomic E-state index is 0.463. The summed E-state index contributed by atoms with van der Waals surface area (Å²) in [4.78, 5) is 12.7. The summed E-state index contributed by atoms with van der Waals surface area (Å²) in [7, 11) is 0. The molecule has 0 spiro atoms. The standard InChI is InChI=1S/C13H13N3O/c14-12-7-6-11(8-13(12)15)16(9-17)10-4-2-1-3-5-10/h1-9H,14-15H2. The maximum Gasteiger partial charge on any atom is 0.218 e. The van der Waals surface area contributed by atoms with Crippen LogP contribution in [-0.4, -0.2) is 6.41 Å². The molecule has 1 amide bonds. The van der Waals surface area contributed by atoms with Crippen LogP contribution in [0.1, 0.15) is 0 Å². The van der Waals surface area contributed by atoms with E-state index in [1.165, 1.54) is 4.90 Å². The second-order valence-electron chi connectivity index (χ2n) is 3.62. The number of benzene rings is 2. The second kappa shape index (κ2) is 4.57. The molecule has 2 aromatic carbocycles. The molecule has 4 heteroatoms. The number of nitrogens with two attached hydrogens (primary N) is 2. The summed E-state index contributed by atoms with van der Waals surface area (Å²) < 4.78 is 0. The maximum absolute atomic E-state index is 11.2. The number of amides is 1. The number of nitrogen functional groups attached to an aromatic ring is 2. The quantitative estimate of drug-likeness (QED) is 0.623. The summed E-state index contributed by atoms with van der Waals surface area (Å²) in [6, 6.07) is 14.4. The third-order valence-electron chi connectivity index (χ3n) is 2.49. The molecule has 17 heavy (non-hydrogen) atoms. The third kappa shape index (κ3) is 2.20. The van der Waals surface area contributed by atoms with E-state index in [9.17, 15) is 4.79 Å². The number of para-hydroxylation sites is 1. The van der Waals surface area contributed by atoms with E-state index in [4.69, 9.17) is 11.5 Å². The SMILES string of the molecule is Nc1ccc(N(C=O)c2ccccc2)cc1N. The zero-order valence-electron chi connectivity index (χ0n) is 9.21. The Labute approximate surface area is 99.5 Å². The van der Waals surface area contributed by atoms with Crippen LogP contribution in [-0.2, 0) is 4.79 Å². The van der Waals surface area contributed by atoms with E-state index in [0.29, 0.717) is 17.1 Å². The van der Waals surface area contributed by atoms with Crippen LogP contribution in [0.3, 0.4) is 0 Å². The summed E-state index contributed by atoms with van der Waals surface area (Å²) in [6.45, 7) is 0. The van der Waals surface area contributed by atoms with Crippen molar-refractivity contribution in [1.82, 2.24) is 0 Å². The number of nitrogens with zero attached hydrogens (tertiary/aromatic N) is 1. The van der Waals surface area contributed by atoms with Gasteiger partial charge in [-0.15, -0.1) is 0 Å². The van der Waals surface area contributed by atoms with Gasteiger partial charge in [0.05, 0.1) is 17.1 Å². The Balaban J connectivity index is 2.42. The zero-order valence-corrected chi connectivity index (χ0v) is 9.21. The minimum Gasteiger partial charge on any atom is -0.397 e. The van der Waals surface area contributed by atoms with Gasteiger partial charge in [-0.1, -0.05) is 18.2 Å². The number of anilines is 4. The van der Waals surface area contributed by atoms with E-state index >= 15 is 0 Å². The molecule has 4 N–H and O–H groups in total. The highest BCUT2D eigenvalue weighted by molar-refractivity contribution is 5.88. The van der Waals surface area contributed by atoms with Gasteiger partial charge in [0.2, 0.25) is 6.41 Å². The average molecular weight is 227 g/mol. The van der Waals surface area contributed by atoms with Crippen molar-refractivity contribution in [3.05, 3.63) is 48.5 Å². The van der Waals surface area contributed by atoms with Gasteiger partial charge in [-0.05, 0) is 30.3 Å². The van der Waals surface area contributed by atoms with Crippen LogP contribution in [0.2, 0.25) is 0 Å². The molecule has 0 saturated carbocycles. The molecule has 0 radical (unpaired) electrons. The fourth-order valence-electron chi connectivity index (χ4n) is 1.57. The zero-order chi connectivity index (χ0) is 12.3. The average Bonchev–Trinajstić information content (AvgIpc) is 2.36. The van der Waals surface area contributed by atoms with E-state index in [2.05, 4.69) is 0 Å². The van der Waals surface area contributed by atoms with Gasteiger partial charge in [-0.25, -0.2) is 0 Å². The number of hydrogen-bond donors (Lipinski definition) is 2. The number of carbonyl (C=O) groups excluding carboxylic acids is 1. The number of carbonyl (C=O) groups is 1. The summed E-state index contributed by atoms with van der Waals surface area (Å²) >= 11 is 0. The Morgan fingerprint density at radius 2 is 1.59 bits per heavy atom. The van der Waals surface area contributed by atoms with Crippen molar-refractivity contribution in [3.63, 3.8) is 0 Å². The predicted molar refractivity (Wildman–Crippen MR) is 69.9 cm³/mol. The molecule has 0 aliphatic carbocycles. The first kappa shape index (κ1) is 11.0. The van der Waals surface area contributed by atoms with Gasteiger partial charge in [0, 0.05) is 5.69 Å². The maximum atomic E-state index is 11.2. The van der Waals surface area contributed by atoms with Gasteiger partial charge in [-0.3, -0.25) is 9.69 Å². The van der Waals surface area contributed by atoms with Gasteiger partial charge < -0.3 is 11.5 Å². The van der Waals surface area contributed by atoms with E-state index in [-0.39, 0.29) is 0 Å². The number of hydrogen-bond acceptors (Lipinski definition) is 3. The second-order valence-corrected chi connectivity index (χ2v) is 3.62. The Bertz CT molecular complexity index is 525. The van der Waals surface area contributed by atoms with Crippen molar-refractivity contribution < 1.29 is 4.79 Å². The van der Waals surface area contributed by atoms with Crippen LogP contribution in [0.25, 0.3) is 0 Å². The molecular weight excluding hydrogens is 214 g/mol. The lowest BCUT2D eigenvalue weighted by Crippen LogP contribution is -2.14. The van der Waals surface area contributed by atoms with Crippen molar-refractivity contribution in [1.29, 1.82) is 0 Å². The van der Waals surface area contributed by atoms with E-state index < -0.39 is 0 Å². The smallest absolute Gasteiger partial charge is 0.218 e. The lowest BCUT2D eigenvalue weighted by atomic mass is 10.2. The molecule has 0 unspecified atom stereocenters. The van der Waals surface area contributed by atoms with Crippen molar-refractivity contribution in [2.75, 3.05) is 16.4 Å². The molecule has 4 nitrogen and oxygen atoms in total. The Morgan fingerprint density at radius 3 is 2.18 bits per heavy atom. The van der Waals surface area contributed by atoms with E-state index in [1.807, 2.05) is 30.3 Å². The Morgan fingerprint density at radius 1 is 0.882 bits per heavy atom. The first-order valence-electron chi connectivity index (χ1n) is 5.17. The van der Waals surface area contributed by atoms with Crippen molar-refractivity contribution in [3.8, 4) is 0 Å². The Hall–Kier alpha value is -2.49. The highest BCUT2D eigenvalue weighted by atomic mass is 16.1. The van der Waals surface area contributed by atoms with Crippen LogP contribution < -0.4 is 16.4 Å². The van der Waals surface area contributed by atoms with Crippen LogP contribution in [0.5, 0.6) is 0 Å². The number of rotatable bonds is 3. The van der Waals surface area contributed by atoms with Crippen molar-refractivity contribution in [2.45, 2.75) is 0 Å². The Kier molecular flexibility index (Phi) is 2.96. The molecule has 0 aliphatic heterocycles. The lowest BCUT2D eigenvalue weighted by molar-refractivity contribution is -0.106. The highest BCUT2D eigenvalue weighted by Crippen LogP contribution is 2.27. The van der Waals surface area contributed by atoms with Gasteiger partial charge >= 0.3 is 0 Å². The molecule has 2 aromatic rings. The van der Waals surface area contributed by atoms with E-state index in [1.54, 1.807) is 18.2 Å². The predicted octanol–water partition coefficient (Wildman–Crippen LogP) is 2.15. The summed E-state index contributed by atoms with van der Waals surface area (Å²) in [5, 5.41) is 0. The molecule has 86 valence electrons. The van der Waals surface area contributed by atoms with E-state index in [0.717, 1.165) is 12.1 Å². The normalized spacial score (nSPS) is 9.88. The molecule has 0 atom stereocenters. The molecule has 0 bridgehead atoms. The van der Waals surface area contributed by atoms with Crippen molar-refractivity contribution >= 4 is 29.2 Å². The molecular formula is C13H13N3O. The molecule has 0 fully saturated rings. The third-order valence-corrected chi connectivity index (χ3v) is 2.49. The van der Waals surface area contributed by atoms with Crippen LogP contribution >= 0.6 is 0 Å². The minimum absolute atomic E-state index is 0.463. The summed E-state index contributed by atoms with van der Waals surface area (Å²) in [5.41, 5.74) is 13.8. The van der Waals surface area contributed by atoms with Crippen LogP contribution in [0.15, 0.2) is 48.5 Å². The molecule has 0 saturated heterocycles. The molecule has 2 rings (SSSR count). The van der Waals surface area contributed by atoms with Gasteiger partial charge in [0.1, 0.15) is 0 Å². The topological polar surface area (TPSA) is 72.3 Å². The highest BCUT2D eigenvalue weighted by Gasteiger charge is 2.08. The van der Waals surface area contributed by atoms with Gasteiger partial charge in [-0.2, -0.15) is 0 Å². The molecule has 0 aromatic heterocycles.